The lowest BCUT2D eigenvalue weighted by atomic mass is 10.2. The van der Waals surface area contributed by atoms with Crippen molar-refractivity contribution < 1.29 is 17.2 Å². The largest absolute Gasteiger partial charge is 0.336 e. The molecule has 0 radical (unpaired) electrons. The highest BCUT2D eigenvalue weighted by molar-refractivity contribution is 7.92. The first-order valence-electron chi connectivity index (χ1n) is 9.36. The van der Waals surface area contributed by atoms with E-state index < -0.39 is 21.7 Å². The molecular formula is C19H17F2N9O2S. The molecule has 0 bridgehead atoms. The Morgan fingerprint density at radius 3 is 2.58 bits per heavy atom. The summed E-state index contributed by atoms with van der Waals surface area (Å²) in [6.45, 7) is 1.70. The maximum absolute atomic E-state index is 14.4. The maximum atomic E-state index is 14.4. The van der Waals surface area contributed by atoms with Gasteiger partial charge in [0, 0.05) is 0 Å². The Morgan fingerprint density at radius 1 is 1.03 bits per heavy atom. The molecule has 2 aromatic heterocycles. The summed E-state index contributed by atoms with van der Waals surface area (Å²) in [7, 11) is -3.59. The third-order valence-electron chi connectivity index (χ3n) is 4.37. The second-order valence-corrected chi connectivity index (χ2v) is 8.68. The van der Waals surface area contributed by atoms with Gasteiger partial charge in [-0.25, -0.2) is 26.9 Å². The van der Waals surface area contributed by atoms with Gasteiger partial charge in [0.15, 0.2) is 11.6 Å². The second kappa shape index (κ2) is 8.74. The van der Waals surface area contributed by atoms with Crippen LogP contribution in [-0.2, 0) is 10.0 Å². The Morgan fingerprint density at radius 2 is 1.85 bits per heavy atom. The van der Waals surface area contributed by atoms with Crippen LogP contribution in [0.3, 0.4) is 0 Å². The minimum atomic E-state index is -3.59. The van der Waals surface area contributed by atoms with Gasteiger partial charge in [0.1, 0.15) is 12.1 Å². The van der Waals surface area contributed by atoms with Crippen LogP contribution in [0.2, 0.25) is 0 Å². The van der Waals surface area contributed by atoms with Gasteiger partial charge in [-0.1, -0.05) is 12.1 Å². The Hall–Kier alpha value is -4.20. The number of rotatable bonds is 7. The van der Waals surface area contributed by atoms with E-state index in [-0.39, 0.29) is 28.8 Å². The summed E-state index contributed by atoms with van der Waals surface area (Å²) in [6, 6.07) is 9.04. The average Bonchev–Trinajstić information content (AvgIpc) is 3.29. The van der Waals surface area contributed by atoms with Crippen LogP contribution < -0.4 is 15.4 Å². The van der Waals surface area contributed by atoms with Crippen molar-refractivity contribution in [3.05, 3.63) is 66.1 Å². The average molecular weight is 473 g/mol. The molecule has 0 aliphatic heterocycles. The molecule has 0 spiro atoms. The number of tetrazole rings is 1. The van der Waals surface area contributed by atoms with Crippen LogP contribution >= 0.6 is 0 Å². The molecule has 0 saturated carbocycles. The second-order valence-electron chi connectivity index (χ2n) is 6.93. The maximum Gasteiger partial charge on any atom is 0.229 e. The summed E-state index contributed by atoms with van der Waals surface area (Å²) in [6.07, 6.45) is 3.26. The van der Waals surface area contributed by atoms with Crippen molar-refractivity contribution in [1.29, 1.82) is 0 Å². The van der Waals surface area contributed by atoms with Crippen LogP contribution in [0, 0.1) is 18.6 Å². The Labute approximate surface area is 186 Å². The van der Waals surface area contributed by atoms with Gasteiger partial charge >= 0.3 is 0 Å². The summed E-state index contributed by atoms with van der Waals surface area (Å²) in [5.41, 5.74) is 1.61. The lowest BCUT2D eigenvalue weighted by Gasteiger charge is -2.16. The third-order valence-corrected chi connectivity index (χ3v) is 4.94. The minimum absolute atomic E-state index is 0.00976. The molecule has 4 aromatic rings. The highest BCUT2D eigenvalue weighted by Gasteiger charge is 2.15. The van der Waals surface area contributed by atoms with Crippen molar-refractivity contribution in [3.8, 4) is 5.69 Å². The van der Waals surface area contributed by atoms with Gasteiger partial charge in [-0.3, -0.25) is 4.72 Å². The number of nitrogens with zero attached hydrogens (tertiary/aromatic N) is 6. The molecule has 0 aliphatic rings. The normalized spacial score (nSPS) is 11.3. The van der Waals surface area contributed by atoms with Crippen molar-refractivity contribution in [3.63, 3.8) is 0 Å². The van der Waals surface area contributed by atoms with Gasteiger partial charge < -0.3 is 10.6 Å². The van der Waals surface area contributed by atoms with Crippen molar-refractivity contribution in [2.75, 3.05) is 21.6 Å². The van der Waals surface area contributed by atoms with Gasteiger partial charge in [-0.2, -0.15) is 4.98 Å². The van der Waals surface area contributed by atoms with E-state index in [1.54, 1.807) is 25.1 Å². The number of hydrogen-bond acceptors (Lipinski definition) is 9. The summed E-state index contributed by atoms with van der Waals surface area (Å²) in [5, 5.41) is 16.3. The molecule has 0 amide bonds. The van der Waals surface area contributed by atoms with Crippen molar-refractivity contribution in [1.82, 2.24) is 30.2 Å². The molecule has 14 heteroatoms. The number of halogens is 2. The van der Waals surface area contributed by atoms with Crippen LogP contribution in [0.4, 0.5) is 37.6 Å². The summed E-state index contributed by atoms with van der Waals surface area (Å²) >= 11 is 0. The van der Waals surface area contributed by atoms with Crippen LogP contribution in [0.25, 0.3) is 5.69 Å². The molecule has 2 heterocycles. The fraction of sp³-hybridized carbons (Fsp3) is 0.105. The SMILES string of the molecule is Cc1cccc(Nc2nc(Nc3cc(-n4cnnn4)ccc3F)ncc2F)c1NS(C)(=O)=O. The van der Waals surface area contributed by atoms with E-state index in [0.717, 1.165) is 12.5 Å². The zero-order valence-electron chi connectivity index (χ0n) is 17.3. The van der Waals surface area contributed by atoms with E-state index in [1.807, 2.05) is 0 Å². The van der Waals surface area contributed by atoms with Gasteiger partial charge in [0.05, 0.1) is 35.2 Å². The first kappa shape index (κ1) is 22.0. The number of nitrogens with one attached hydrogen (secondary N) is 3. The number of hydrogen-bond donors (Lipinski definition) is 3. The van der Waals surface area contributed by atoms with E-state index in [2.05, 4.69) is 40.8 Å². The number of sulfonamides is 1. The fourth-order valence-corrected chi connectivity index (χ4v) is 3.53. The number of benzene rings is 2. The van der Waals surface area contributed by atoms with Gasteiger partial charge in [-0.15, -0.1) is 5.10 Å². The van der Waals surface area contributed by atoms with Gasteiger partial charge in [0.25, 0.3) is 0 Å². The van der Waals surface area contributed by atoms with E-state index in [9.17, 15) is 17.2 Å². The zero-order valence-corrected chi connectivity index (χ0v) is 18.1. The molecule has 11 nitrogen and oxygen atoms in total. The van der Waals surface area contributed by atoms with Crippen molar-refractivity contribution in [2.45, 2.75) is 6.92 Å². The van der Waals surface area contributed by atoms with Crippen LogP contribution in [-0.4, -0.2) is 44.8 Å². The van der Waals surface area contributed by atoms with Crippen LogP contribution in [0.5, 0.6) is 0 Å². The molecule has 33 heavy (non-hydrogen) atoms. The first-order valence-corrected chi connectivity index (χ1v) is 11.3. The highest BCUT2D eigenvalue weighted by Crippen LogP contribution is 2.30. The summed E-state index contributed by atoms with van der Waals surface area (Å²) < 4.78 is 56.0. The molecule has 0 unspecified atom stereocenters. The fourth-order valence-electron chi connectivity index (χ4n) is 2.89. The van der Waals surface area contributed by atoms with Gasteiger partial charge in [-0.05, 0) is 47.2 Å². The molecule has 0 saturated heterocycles. The first-order chi connectivity index (χ1) is 15.7. The van der Waals surface area contributed by atoms with E-state index in [4.69, 9.17) is 0 Å². The molecule has 3 N–H and O–H groups in total. The molecule has 0 fully saturated rings. The summed E-state index contributed by atoms with van der Waals surface area (Å²) in [4.78, 5) is 7.91. The van der Waals surface area contributed by atoms with Gasteiger partial charge in [0.2, 0.25) is 16.0 Å². The predicted octanol–water partition coefficient (Wildman–Crippen LogP) is 2.90. The molecule has 0 atom stereocenters. The Balaban J connectivity index is 1.64. The number of aromatic nitrogens is 6. The number of aryl methyl sites for hydroxylation is 1. The number of anilines is 5. The van der Waals surface area contributed by atoms with E-state index in [1.165, 1.54) is 29.2 Å². The smallest absolute Gasteiger partial charge is 0.229 e. The predicted molar refractivity (Wildman–Crippen MR) is 117 cm³/mol. The molecule has 170 valence electrons. The molecule has 2 aromatic carbocycles. The quantitative estimate of drug-likeness (QED) is 0.370. The molecule has 0 aliphatic carbocycles. The minimum Gasteiger partial charge on any atom is -0.336 e. The zero-order chi connectivity index (χ0) is 23.6. The monoisotopic (exact) mass is 473 g/mol. The standard InChI is InChI=1S/C19H17F2N9O2S/c1-11-4-3-5-15(17(11)27-33(2,31)32)24-18-14(21)9-22-19(26-18)25-16-8-12(6-7-13(16)20)30-10-23-28-29-30/h3-10,27H,1-2H3,(H2,22,24,25,26). The third kappa shape index (κ3) is 5.17. The Kier molecular flexibility index (Phi) is 5.83. The topological polar surface area (TPSA) is 140 Å². The van der Waals surface area contributed by atoms with Crippen molar-refractivity contribution >= 4 is 38.9 Å². The van der Waals surface area contributed by atoms with Crippen LogP contribution in [0.1, 0.15) is 5.56 Å². The number of para-hydroxylation sites is 1. The lowest BCUT2D eigenvalue weighted by molar-refractivity contribution is 0.606. The molecule has 4 rings (SSSR count). The van der Waals surface area contributed by atoms with E-state index in [0.29, 0.717) is 11.3 Å². The molecular weight excluding hydrogens is 456 g/mol. The lowest BCUT2D eigenvalue weighted by Crippen LogP contribution is -2.13. The highest BCUT2D eigenvalue weighted by atomic mass is 32.2. The van der Waals surface area contributed by atoms with Crippen molar-refractivity contribution in [2.24, 2.45) is 0 Å². The summed E-state index contributed by atoms with van der Waals surface area (Å²) in [5.74, 6) is -1.74. The van der Waals surface area contributed by atoms with Crippen LogP contribution in [0.15, 0.2) is 48.9 Å². The Bertz CT molecular complexity index is 1410. The van der Waals surface area contributed by atoms with E-state index >= 15 is 0 Å².